The average Bonchev–Trinajstić information content (AvgIpc) is 3.17. The Morgan fingerprint density at radius 3 is 2.14 bits per heavy atom. The molecule has 2 fully saturated rings. The molecule has 2 aliphatic heterocycles. The van der Waals surface area contributed by atoms with Crippen molar-refractivity contribution in [3.63, 3.8) is 0 Å². The second-order valence-electron chi connectivity index (χ2n) is 7.98. The third-order valence-electron chi connectivity index (χ3n) is 5.95. The highest BCUT2D eigenvalue weighted by atomic mass is 35.5. The quantitative estimate of drug-likeness (QED) is 0.794. The van der Waals surface area contributed by atoms with Gasteiger partial charge in [0.1, 0.15) is 17.2 Å². The van der Waals surface area contributed by atoms with E-state index < -0.39 is 0 Å². The lowest BCUT2D eigenvalue weighted by atomic mass is 9.78. The fraction of sp³-hybridized carbons (Fsp3) is 0.435. The first-order valence-electron chi connectivity index (χ1n) is 10.1. The van der Waals surface area contributed by atoms with E-state index in [0.717, 1.165) is 50.5 Å². The van der Waals surface area contributed by atoms with Crippen LogP contribution < -0.4 is 14.8 Å². The molecule has 4 rings (SSSR count). The molecular weight excluding hydrogens is 388 g/mol. The first-order chi connectivity index (χ1) is 13.6. The van der Waals surface area contributed by atoms with Crippen LogP contribution in [0.15, 0.2) is 48.5 Å². The number of halogens is 1. The van der Waals surface area contributed by atoms with Gasteiger partial charge in [-0.05, 0) is 74.5 Å². The molecule has 0 unspecified atom stereocenters. The summed E-state index contributed by atoms with van der Waals surface area (Å²) in [4.78, 5) is 14.4. The van der Waals surface area contributed by atoms with Gasteiger partial charge in [-0.15, -0.1) is 12.4 Å². The van der Waals surface area contributed by atoms with Crippen LogP contribution in [0.3, 0.4) is 0 Å². The number of hydrogen-bond donors (Lipinski definition) is 1. The van der Waals surface area contributed by atoms with Crippen molar-refractivity contribution in [2.75, 3.05) is 32.8 Å². The van der Waals surface area contributed by atoms with Crippen LogP contribution in [0.25, 0.3) is 0 Å². The van der Waals surface area contributed by atoms with E-state index in [-0.39, 0.29) is 24.9 Å². The Hall–Kier alpha value is -2.24. The number of benzene rings is 2. The molecule has 6 heteroatoms. The van der Waals surface area contributed by atoms with E-state index in [0.29, 0.717) is 11.2 Å². The van der Waals surface area contributed by atoms with Gasteiger partial charge in [-0.1, -0.05) is 17.7 Å². The number of amides is 1. The summed E-state index contributed by atoms with van der Waals surface area (Å²) in [5.74, 6) is 2.29. The van der Waals surface area contributed by atoms with E-state index in [1.807, 2.05) is 60.4 Å². The fourth-order valence-corrected chi connectivity index (χ4v) is 4.04. The van der Waals surface area contributed by atoms with Crippen molar-refractivity contribution >= 4 is 18.3 Å². The summed E-state index contributed by atoms with van der Waals surface area (Å²) < 4.78 is 11.5. The van der Waals surface area contributed by atoms with Crippen LogP contribution in [0.5, 0.6) is 17.2 Å². The molecule has 2 heterocycles. The lowest BCUT2D eigenvalue weighted by Gasteiger charge is -2.38. The summed E-state index contributed by atoms with van der Waals surface area (Å²) in [5, 5.41) is 3.46. The van der Waals surface area contributed by atoms with Gasteiger partial charge in [-0.2, -0.15) is 0 Å². The minimum Gasteiger partial charge on any atom is -0.484 e. The lowest BCUT2D eigenvalue weighted by molar-refractivity contribution is -0.135. The predicted molar refractivity (Wildman–Crippen MR) is 116 cm³/mol. The van der Waals surface area contributed by atoms with Crippen molar-refractivity contribution in [3.8, 4) is 17.2 Å². The molecule has 2 aromatic carbocycles. The van der Waals surface area contributed by atoms with E-state index >= 15 is 0 Å². The number of rotatable bonds is 5. The Kier molecular flexibility index (Phi) is 7.04. The maximum absolute atomic E-state index is 12.5. The molecule has 0 aromatic heterocycles. The molecule has 0 saturated carbocycles. The molecule has 5 nitrogen and oxygen atoms in total. The number of nitrogens with zero attached hydrogens (tertiary/aromatic N) is 1. The predicted octanol–water partition coefficient (Wildman–Crippen LogP) is 4.19. The Morgan fingerprint density at radius 2 is 1.55 bits per heavy atom. The average molecular weight is 417 g/mol. The Bertz CT molecular complexity index is 792. The minimum absolute atomic E-state index is 0. The largest absolute Gasteiger partial charge is 0.484 e. The number of carbonyl (C=O) groups excluding carboxylic acids is 1. The van der Waals surface area contributed by atoms with Crippen molar-refractivity contribution in [2.45, 2.75) is 26.2 Å². The second-order valence-corrected chi connectivity index (χ2v) is 7.98. The van der Waals surface area contributed by atoms with Crippen molar-refractivity contribution in [1.82, 2.24) is 10.2 Å². The highest BCUT2D eigenvalue weighted by molar-refractivity contribution is 5.85. The van der Waals surface area contributed by atoms with Gasteiger partial charge in [-0.3, -0.25) is 4.79 Å². The minimum atomic E-state index is 0. The van der Waals surface area contributed by atoms with Crippen LogP contribution in [0.2, 0.25) is 0 Å². The topological polar surface area (TPSA) is 50.8 Å². The molecule has 0 atom stereocenters. The Morgan fingerprint density at radius 1 is 0.966 bits per heavy atom. The number of likely N-dealkylation sites (tertiary alicyclic amines) is 1. The highest BCUT2D eigenvalue weighted by Crippen LogP contribution is 2.36. The van der Waals surface area contributed by atoms with Crippen molar-refractivity contribution in [1.29, 1.82) is 0 Å². The van der Waals surface area contributed by atoms with Gasteiger partial charge in [0.2, 0.25) is 0 Å². The van der Waals surface area contributed by atoms with Crippen molar-refractivity contribution < 1.29 is 14.3 Å². The fourth-order valence-electron chi connectivity index (χ4n) is 4.04. The zero-order chi connectivity index (χ0) is 19.4. The molecule has 0 aliphatic carbocycles. The molecule has 2 saturated heterocycles. The third kappa shape index (κ3) is 5.43. The van der Waals surface area contributed by atoms with Gasteiger partial charge in [0.25, 0.3) is 5.91 Å². The third-order valence-corrected chi connectivity index (χ3v) is 5.95. The number of piperidine rings is 1. The molecule has 0 bridgehead atoms. The van der Waals surface area contributed by atoms with Crippen LogP contribution in [0.1, 0.15) is 24.8 Å². The zero-order valence-corrected chi connectivity index (χ0v) is 17.7. The maximum Gasteiger partial charge on any atom is 0.260 e. The van der Waals surface area contributed by atoms with Crippen LogP contribution in [-0.2, 0) is 4.79 Å². The standard InChI is InChI=1S/C23H28N2O3.ClH/c1-18-2-4-20(5-3-18)28-21-8-6-19(7-9-21)27-16-22(26)25-14-11-23(12-15-25)10-13-24-17-23;/h2-9,24H,10-17H2,1H3;1H. The van der Waals surface area contributed by atoms with Crippen LogP contribution in [0.4, 0.5) is 0 Å². The summed E-state index contributed by atoms with van der Waals surface area (Å²) >= 11 is 0. The van der Waals surface area contributed by atoms with Crippen LogP contribution in [-0.4, -0.2) is 43.6 Å². The number of hydrogen-bond acceptors (Lipinski definition) is 4. The molecule has 2 aliphatic rings. The van der Waals surface area contributed by atoms with Gasteiger partial charge >= 0.3 is 0 Å². The van der Waals surface area contributed by atoms with Gasteiger partial charge in [0.15, 0.2) is 6.61 Å². The van der Waals surface area contributed by atoms with Crippen molar-refractivity contribution in [3.05, 3.63) is 54.1 Å². The number of nitrogens with one attached hydrogen (secondary N) is 1. The zero-order valence-electron chi connectivity index (χ0n) is 16.9. The summed E-state index contributed by atoms with van der Waals surface area (Å²) in [5.41, 5.74) is 1.62. The van der Waals surface area contributed by atoms with E-state index in [4.69, 9.17) is 9.47 Å². The molecular formula is C23H29ClN2O3. The maximum atomic E-state index is 12.5. The van der Waals surface area contributed by atoms with Crippen LogP contribution in [0, 0.1) is 12.3 Å². The van der Waals surface area contributed by atoms with Crippen molar-refractivity contribution in [2.24, 2.45) is 5.41 Å². The van der Waals surface area contributed by atoms with E-state index in [2.05, 4.69) is 5.32 Å². The monoisotopic (exact) mass is 416 g/mol. The molecule has 29 heavy (non-hydrogen) atoms. The van der Waals surface area contributed by atoms with Gasteiger partial charge in [0, 0.05) is 19.6 Å². The van der Waals surface area contributed by atoms with E-state index in [9.17, 15) is 4.79 Å². The molecule has 2 aromatic rings. The summed E-state index contributed by atoms with van der Waals surface area (Å²) in [7, 11) is 0. The summed E-state index contributed by atoms with van der Waals surface area (Å²) in [6, 6.07) is 15.3. The number of aryl methyl sites for hydroxylation is 1. The Balaban J connectivity index is 0.00000240. The molecule has 1 amide bonds. The van der Waals surface area contributed by atoms with Crippen LogP contribution >= 0.6 is 12.4 Å². The first-order valence-corrected chi connectivity index (χ1v) is 10.1. The molecule has 1 spiro atoms. The molecule has 0 radical (unpaired) electrons. The highest BCUT2D eigenvalue weighted by Gasteiger charge is 2.37. The van der Waals surface area contributed by atoms with Gasteiger partial charge < -0.3 is 19.7 Å². The smallest absolute Gasteiger partial charge is 0.260 e. The number of ether oxygens (including phenoxy) is 2. The molecule has 1 N–H and O–H groups in total. The Labute approximate surface area is 178 Å². The molecule has 156 valence electrons. The summed E-state index contributed by atoms with van der Waals surface area (Å²) in [6.45, 7) is 6.03. The van der Waals surface area contributed by atoms with E-state index in [1.54, 1.807) is 0 Å². The lowest BCUT2D eigenvalue weighted by Crippen LogP contribution is -2.45. The van der Waals surface area contributed by atoms with Gasteiger partial charge in [0.05, 0.1) is 0 Å². The summed E-state index contributed by atoms with van der Waals surface area (Å²) in [6.07, 6.45) is 3.43. The van der Waals surface area contributed by atoms with Gasteiger partial charge in [-0.25, -0.2) is 0 Å². The van der Waals surface area contributed by atoms with E-state index in [1.165, 1.54) is 12.0 Å². The first kappa shape index (κ1) is 21.5. The normalized spacial score (nSPS) is 17.6. The number of carbonyl (C=O) groups is 1. The SMILES string of the molecule is Cc1ccc(Oc2ccc(OCC(=O)N3CCC4(CCNC4)CC3)cc2)cc1.Cl. The second kappa shape index (κ2) is 9.51.